The summed E-state index contributed by atoms with van der Waals surface area (Å²) >= 11 is 0. The van der Waals surface area contributed by atoms with Gasteiger partial charge in [0.15, 0.2) is 0 Å². The lowest BCUT2D eigenvalue weighted by molar-refractivity contribution is -0.000688. The number of methoxy groups -OCH3 is 1. The number of ether oxygens (including phenoxy) is 2. The molecule has 1 spiro atoms. The van der Waals surface area contributed by atoms with Crippen molar-refractivity contribution in [3.63, 3.8) is 0 Å². The Balaban J connectivity index is 1.59. The van der Waals surface area contributed by atoms with Crippen molar-refractivity contribution in [1.29, 1.82) is 0 Å². The lowest BCUT2D eigenvalue weighted by Gasteiger charge is -2.54. The standard InChI is InChI=1S/C33H43N3O5/c1-4-7-28-27(20-23(5-2)24-8-10-26(40-3)11-9-24)30(37)29(31(38)34-25-21-33(22-25)12-6-13-33)32(39)36(28)15-14-35-16-18-41-19-17-35/h5,7-11,20,25,37H,4,6,12-19,21-22H2,1-3H3,(H,34,38)/b23-5+,27-20+,28-7-. The van der Waals surface area contributed by atoms with E-state index in [4.69, 9.17) is 9.47 Å². The van der Waals surface area contributed by atoms with E-state index < -0.39 is 11.5 Å². The second kappa shape index (κ2) is 12.7. The number of rotatable bonds is 9. The molecule has 2 aliphatic carbocycles. The Kier molecular flexibility index (Phi) is 9.00. The minimum atomic E-state index is -0.490. The molecule has 8 heteroatoms. The van der Waals surface area contributed by atoms with Gasteiger partial charge in [0.2, 0.25) is 0 Å². The van der Waals surface area contributed by atoms with Gasteiger partial charge in [-0.05, 0) is 73.8 Å². The summed E-state index contributed by atoms with van der Waals surface area (Å²) in [6.07, 6.45) is 12.1. The van der Waals surface area contributed by atoms with Gasteiger partial charge in [0, 0.05) is 37.4 Å². The van der Waals surface area contributed by atoms with Crippen molar-refractivity contribution >= 4 is 23.6 Å². The largest absolute Gasteiger partial charge is 0.506 e. The first kappa shape index (κ1) is 29.1. The fraction of sp³-hybridized carbons (Fsp3) is 0.515. The number of allylic oxidation sites excluding steroid dienone is 2. The molecule has 0 atom stereocenters. The van der Waals surface area contributed by atoms with E-state index in [0.29, 0.717) is 48.7 Å². The van der Waals surface area contributed by atoms with E-state index in [2.05, 4.69) is 10.2 Å². The number of benzene rings is 1. The third-order valence-corrected chi connectivity index (χ3v) is 9.03. The van der Waals surface area contributed by atoms with Gasteiger partial charge in [-0.3, -0.25) is 14.5 Å². The Bertz CT molecular complexity index is 1460. The summed E-state index contributed by atoms with van der Waals surface area (Å²) in [4.78, 5) is 29.9. The number of amides is 1. The monoisotopic (exact) mass is 561 g/mol. The molecule has 1 amide bonds. The van der Waals surface area contributed by atoms with Crippen molar-refractivity contribution in [2.75, 3.05) is 40.0 Å². The number of carbonyl (C=O) groups is 1. The van der Waals surface area contributed by atoms with Gasteiger partial charge in [0.25, 0.3) is 11.5 Å². The first-order valence-corrected chi connectivity index (χ1v) is 15.0. The van der Waals surface area contributed by atoms with Crippen LogP contribution in [0.1, 0.15) is 68.3 Å². The Morgan fingerprint density at radius 3 is 2.46 bits per heavy atom. The highest BCUT2D eigenvalue weighted by molar-refractivity contribution is 5.97. The van der Waals surface area contributed by atoms with Crippen LogP contribution in [0.4, 0.5) is 0 Å². The van der Waals surface area contributed by atoms with E-state index in [0.717, 1.165) is 42.8 Å². The molecular formula is C33H43N3O5. The van der Waals surface area contributed by atoms with Crippen LogP contribution >= 0.6 is 0 Å². The number of aromatic nitrogens is 1. The lowest BCUT2D eigenvalue weighted by Crippen LogP contribution is -2.55. The normalized spacial score (nSPS) is 20.1. The summed E-state index contributed by atoms with van der Waals surface area (Å²) in [6.45, 7) is 7.94. The molecule has 3 fully saturated rings. The number of hydrogen-bond donors (Lipinski definition) is 2. The van der Waals surface area contributed by atoms with Crippen molar-refractivity contribution in [1.82, 2.24) is 14.8 Å². The van der Waals surface area contributed by atoms with Crippen LogP contribution in [0.15, 0.2) is 35.1 Å². The number of pyridine rings is 1. The number of carbonyl (C=O) groups excluding carboxylic acids is 1. The molecule has 3 aliphatic rings. The van der Waals surface area contributed by atoms with Crippen LogP contribution in [0.25, 0.3) is 17.7 Å². The van der Waals surface area contributed by atoms with Crippen molar-refractivity contribution < 1.29 is 19.4 Å². The summed E-state index contributed by atoms with van der Waals surface area (Å²) in [5, 5.41) is 15.8. The molecule has 1 saturated heterocycles. The maximum absolute atomic E-state index is 14.0. The second-order valence-corrected chi connectivity index (χ2v) is 11.6. The maximum Gasteiger partial charge on any atom is 0.267 e. The maximum atomic E-state index is 14.0. The van der Waals surface area contributed by atoms with Crippen molar-refractivity contribution in [3.8, 4) is 11.5 Å². The summed E-state index contributed by atoms with van der Waals surface area (Å²) in [7, 11) is 1.63. The Labute approximate surface area is 242 Å². The van der Waals surface area contributed by atoms with Crippen LogP contribution in [0.2, 0.25) is 0 Å². The van der Waals surface area contributed by atoms with Gasteiger partial charge in [0.05, 0.1) is 25.7 Å². The highest BCUT2D eigenvalue weighted by Crippen LogP contribution is 2.55. The highest BCUT2D eigenvalue weighted by Gasteiger charge is 2.48. The number of nitrogens with zero attached hydrogens (tertiary/aromatic N) is 2. The van der Waals surface area contributed by atoms with Gasteiger partial charge in [-0.15, -0.1) is 0 Å². The molecule has 0 unspecified atom stereocenters. The molecular weight excluding hydrogens is 518 g/mol. The lowest BCUT2D eigenvalue weighted by atomic mass is 9.54. The molecule has 2 aromatic rings. The fourth-order valence-corrected chi connectivity index (χ4v) is 6.50. The minimum absolute atomic E-state index is 0.0445. The zero-order valence-corrected chi connectivity index (χ0v) is 24.6. The second-order valence-electron chi connectivity index (χ2n) is 11.6. The molecule has 1 aromatic heterocycles. The van der Waals surface area contributed by atoms with Gasteiger partial charge in [-0.2, -0.15) is 0 Å². The number of aromatic hydroxyl groups is 1. The summed E-state index contributed by atoms with van der Waals surface area (Å²) < 4.78 is 12.5. The van der Waals surface area contributed by atoms with E-state index in [9.17, 15) is 14.7 Å². The Morgan fingerprint density at radius 2 is 1.88 bits per heavy atom. The molecule has 2 heterocycles. The van der Waals surface area contributed by atoms with Gasteiger partial charge in [-0.1, -0.05) is 37.6 Å². The predicted molar refractivity (Wildman–Crippen MR) is 162 cm³/mol. The fourth-order valence-electron chi connectivity index (χ4n) is 6.50. The topological polar surface area (TPSA) is 93.0 Å². The van der Waals surface area contributed by atoms with Crippen LogP contribution in [0.5, 0.6) is 11.5 Å². The molecule has 1 aliphatic heterocycles. The van der Waals surface area contributed by atoms with Crippen molar-refractivity contribution in [2.24, 2.45) is 5.41 Å². The van der Waals surface area contributed by atoms with Crippen LogP contribution in [-0.2, 0) is 11.3 Å². The summed E-state index contributed by atoms with van der Waals surface area (Å²) in [6, 6.07) is 7.74. The number of nitrogens with one attached hydrogen (secondary N) is 1. The molecule has 0 radical (unpaired) electrons. The van der Waals surface area contributed by atoms with Gasteiger partial charge in [-0.25, -0.2) is 0 Å². The third-order valence-electron chi connectivity index (χ3n) is 9.03. The molecule has 1 aromatic carbocycles. The van der Waals surface area contributed by atoms with Gasteiger partial charge >= 0.3 is 0 Å². The minimum Gasteiger partial charge on any atom is -0.506 e. The Hall–Kier alpha value is -3.36. The van der Waals surface area contributed by atoms with Crippen molar-refractivity contribution in [2.45, 2.75) is 65.0 Å². The molecule has 2 saturated carbocycles. The number of morpholine rings is 1. The molecule has 5 rings (SSSR count). The molecule has 2 N–H and O–H groups in total. The van der Waals surface area contributed by atoms with Gasteiger partial charge < -0.3 is 24.5 Å². The summed E-state index contributed by atoms with van der Waals surface area (Å²) in [5.74, 6) is -0.00122. The quantitative estimate of drug-likeness (QED) is 0.489. The molecule has 8 nitrogen and oxygen atoms in total. The SMILES string of the molecule is C\C=C(/C=c1/c(O)c(C(=O)NC2CC3(CCC3)C2)c(=O)n(CCN2CCOCC2)/c1=C\CC)c1ccc(OC)cc1. The molecule has 41 heavy (non-hydrogen) atoms. The zero-order chi connectivity index (χ0) is 29.0. The zero-order valence-electron chi connectivity index (χ0n) is 24.6. The van der Waals surface area contributed by atoms with E-state index in [-0.39, 0.29) is 17.4 Å². The van der Waals surface area contributed by atoms with E-state index in [1.165, 1.54) is 19.3 Å². The summed E-state index contributed by atoms with van der Waals surface area (Å²) in [5.41, 5.74) is 1.56. The number of hydrogen-bond acceptors (Lipinski definition) is 6. The first-order chi connectivity index (χ1) is 19.9. The highest BCUT2D eigenvalue weighted by atomic mass is 16.5. The smallest absolute Gasteiger partial charge is 0.267 e. The molecule has 220 valence electrons. The van der Waals surface area contributed by atoms with Crippen LogP contribution in [0, 0.1) is 5.41 Å². The van der Waals surface area contributed by atoms with E-state index >= 15 is 0 Å². The average Bonchev–Trinajstić information content (AvgIpc) is 2.94. The van der Waals surface area contributed by atoms with E-state index in [1.54, 1.807) is 11.7 Å². The van der Waals surface area contributed by atoms with Crippen molar-refractivity contribution in [3.05, 3.63) is 62.4 Å². The molecule has 0 bridgehead atoms. The predicted octanol–water partition coefficient (Wildman–Crippen LogP) is 3.03. The van der Waals surface area contributed by atoms with Crippen LogP contribution < -0.4 is 26.2 Å². The Morgan fingerprint density at radius 1 is 1.17 bits per heavy atom. The van der Waals surface area contributed by atoms with Crippen LogP contribution in [0.3, 0.4) is 0 Å². The third kappa shape index (κ3) is 6.14. The van der Waals surface area contributed by atoms with Crippen LogP contribution in [-0.4, -0.2) is 66.5 Å². The van der Waals surface area contributed by atoms with Gasteiger partial charge in [0.1, 0.15) is 17.1 Å². The average molecular weight is 562 g/mol. The van der Waals surface area contributed by atoms with E-state index in [1.807, 2.05) is 56.3 Å². The first-order valence-electron chi connectivity index (χ1n) is 15.0.